The van der Waals surface area contributed by atoms with Crippen LogP contribution in [-0.4, -0.2) is 48.4 Å². The molecule has 30 heavy (non-hydrogen) atoms. The molecule has 0 spiro atoms. The molecule has 8 nitrogen and oxygen atoms in total. The van der Waals surface area contributed by atoms with Crippen LogP contribution in [0.2, 0.25) is 0 Å². The topological polar surface area (TPSA) is 89.4 Å². The van der Waals surface area contributed by atoms with Crippen molar-refractivity contribution in [3.63, 3.8) is 0 Å². The van der Waals surface area contributed by atoms with Crippen LogP contribution in [-0.2, 0) is 18.0 Å². The number of aryl methyl sites for hydroxylation is 1. The molecule has 1 unspecified atom stereocenters. The number of hydrogen-bond acceptors (Lipinski definition) is 6. The van der Waals surface area contributed by atoms with Gasteiger partial charge in [-0.3, -0.25) is 9.36 Å². The second-order valence-corrected chi connectivity index (χ2v) is 8.51. The van der Waals surface area contributed by atoms with Crippen molar-refractivity contribution in [1.29, 1.82) is 0 Å². The van der Waals surface area contributed by atoms with Gasteiger partial charge in [0.05, 0.1) is 11.0 Å². The van der Waals surface area contributed by atoms with Crippen molar-refractivity contribution >= 4 is 28.0 Å². The SMILES string of the molecule is Cn1c(=O)c(Oc2ccccc2F)cc2cnc(NC3CCN(S(C)=O)CC3)nc21. The molecule has 0 saturated carbocycles. The van der Waals surface area contributed by atoms with Crippen molar-refractivity contribution in [2.45, 2.75) is 18.9 Å². The molecule has 10 heteroatoms. The first kappa shape index (κ1) is 20.4. The molecule has 1 fully saturated rings. The molecule has 4 rings (SSSR count). The molecule has 1 aliphatic rings. The number of piperidine rings is 1. The summed E-state index contributed by atoms with van der Waals surface area (Å²) in [5.74, 6) is -0.142. The fourth-order valence-electron chi connectivity index (χ4n) is 3.45. The van der Waals surface area contributed by atoms with Crippen molar-refractivity contribution in [3.05, 3.63) is 52.7 Å². The van der Waals surface area contributed by atoms with Crippen LogP contribution in [0.1, 0.15) is 12.8 Å². The summed E-state index contributed by atoms with van der Waals surface area (Å²) in [6.07, 6.45) is 4.95. The highest BCUT2D eigenvalue weighted by Crippen LogP contribution is 2.24. The maximum Gasteiger partial charge on any atom is 0.294 e. The van der Waals surface area contributed by atoms with E-state index < -0.39 is 22.4 Å². The smallest absolute Gasteiger partial charge is 0.294 e. The van der Waals surface area contributed by atoms with Crippen LogP contribution in [0.15, 0.2) is 41.3 Å². The molecule has 2 aromatic heterocycles. The Morgan fingerprint density at radius 1 is 1.23 bits per heavy atom. The zero-order chi connectivity index (χ0) is 21.3. The first-order valence-electron chi connectivity index (χ1n) is 9.56. The molecule has 3 heterocycles. The number of halogens is 1. The van der Waals surface area contributed by atoms with Gasteiger partial charge in [0.15, 0.2) is 17.3 Å². The fourth-order valence-corrected chi connectivity index (χ4v) is 4.17. The Morgan fingerprint density at radius 2 is 1.97 bits per heavy atom. The molecule has 0 bridgehead atoms. The molecule has 0 aliphatic carbocycles. The highest BCUT2D eigenvalue weighted by molar-refractivity contribution is 7.81. The van der Waals surface area contributed by atoms with Gasteiger partial charge in [-0.2, -0.15) is 4.98 Å². The summed E-state index contributed by atoms with van der Waals surface area (Å²) in [5.41, 5.74) is 0.0274. The van der Waals surface area contributed by atoms with Gasteiger partial charge in [-0.1, -0.05) is 12.1 Å². The predicted molar refractivity (Wildman–Crippen MR) is 114 cm³/mol. The number of fused-ring (bicyclic) bond motifs is 1. The first-order chi connectivity index (χ1) is 14.4. The fraction of sp³-hybridized carbons (Fsp3) is 0.350. The van der Waals surface area contributed by atoms with Crippen LogP contribution in [0.3, 0.4) is 0 Å². The molecular weight excluding hydrogens is 409 g/mol. The van der Waals surface area contributed by atoms with Gasteiger partial charge in [0.25, 0.3) is 5.56 Å². The van der Waals surface area contributed by atoms with Gasteiger partial charge in [0.2, 0.25) is 5.95 Å². The number of rotatable bonds is 5. The van der Waals surface area contributed by atoms with Crippen LogP contribution in [0, 0.1) is 5.82 Å². The molecule has 3 aromatic rings. The summed E-state index contributed by atoms with van der Waals surface area (Å²) < 4.78 is 34.2. The Balaban J connectivity index is 1.57. The van der Waals surface area contributed by atoms with E-state index in [1.807, 2.05) is 4.31 Å². The Bertz CT molecular complexity index is 1160. The van der Waals surface area contributed by atoms with Gasteiger partial charge in [-0.15, -0.1) is 0 Å². The number of hydrogen-bond donors (Lipinski definition) is 1. The van der Waals surface area contributed by atoms with Gasteiger partial charge >= 0.3 is 0 Å². The van der Waals surface area contributed by atoms with E-state index in [2.05, 4.69) is 15.3 Å². The molecule has 1 saturated heterocycles. The van der Waals surface area contributed by atoms with Gasteiger partial charge in [-0.25, -0.2) is 17.9 Å². The van der Waals surface area contributed by atoms with E-state index >= 15 is 0 Å². The molecule has 158 valence electrons. The van der Waals surface area contributed by atoms with E-state index in [0.717, 1.165) is 25.9 Å². The average molecular weight is 431 g/mol. The van der Waals surface area contributed by atoms with Crippen molar-refractivity contribution in [1.82, 2.24) is 18.8 Å². The second kappa shape index (κ2) is 8.49. The lowest BCUT2D eigenvalue weighted by Crippen LogP contribution is -2.39. The minimum absolute atomic E-state index is 0.000604. The summed E-state index contributed by atoms with van der Waals surface area (Å²) in [6.45, 7) is 1.48. The van der Waals surface area contributed by atoms with E-state index in [-0.39, 0.29) is 17.5 Å². The van der Waals surface area contributed by atoms with Crippen molar-refractivity contribution < 1.29 is 13.3 Å². The minimum atomic E-state index is -0.956. The van der Waals surface area contributed by atoms with E-state index in [1.165, 1.54) is 22.8 Å². The van der Waals surface area contributed by atoms with Crippen LogP contribution < -0.4 is 15.6 Å². The Labute approximate surface area is 175 Å². The number of benzene rings is 1. The number of aromatic nitrogens is 3. The number of nitrogens with zero attached hydrogens (tertiary/aromatic N) is 4. The van der Waals surface area contributed by atoms with Crippen molar-refractivity contribution in [2.75, 3.05) is 24.7 Å². The van der Waals surface area contributed by atoms with Gasteiger partial charge in [0.1, 0.15) is 5.65 Å². The van der Waals surface area contributed by atoms with Crippen LogP contribution in [0.4, 0.5) is 10.3 Å². The monoisotopic (exact) mass is 431 g/mol. The quantitative estimate of drug-likeness (QED) is 0.668. The summed E-state index contributed by atoms with van der Waals surface area (Å²) in [7, 11) is 0.632. The number of nitrogens with one attached hydrogen (secondary N) is 1. The highest BCUT2D eigenvalue weighted by atomic mass is 32.2. The lowest BCUT2D eigenvalue weighted by molar-refractivity contribution is 0.346. The lowest BCUT2D eigenvalue weighted by Gasteiger charge is -2.30. The third-order valence-electron chi connectivity index (χ3n) is 5.12. The molecule has 0 radical (unpaired) electrons. The molecule has 1 aromatic carbocycles. The third-order valence-corrected chi connectivity index (χ3v) is 6.22. The van der Waals surface area contributed by atoms with E-state index in [9.17, 15) is 13.4 Å². The van der Waals surface area contributed by atoms with Crippen molar-refractivity contribution in [3.8, 4) is 11.5 Å². The molecule has 1 atom stereocenters. The Kier molecular flexibility index (Phi) is 5.78. The number of ether oxygens (including phenoxy) is 1. The first-order valence-corrected chi connectivity index (χ1v) is 11.1. The van der Waals surface area contributed by atoms with Gasteiger partial charge < -0.3 is 10.1 Å². The lowest BCUT2D eigenvalue weighted by atomic mass is 10.1. The van der Waals surface area contributed by atoms with Gasteiger partial charge in [0, 0.05) is 44.0 Å². The van der Waals surface area contributed by atoms with Crippen molar-refractivity contribution in [2.24, 2.45) is 7.05 Å². The molecule has 0 amide bonds. The van der Waals surface area contributed by atoms with E-state index in [4.69, 9.17) is 4.74 Å². The summed E-state index contributed by atoms with van der Waals surface area (Å²) >= 11 is 0. The second-order valence-electron chi connectivity index (χ2n) is 7.15. The largest absolute Gasteiger partial charge is 0.448 e. The minimum Gasteiger partial charge on any atom is -0.448 e. The average Bonchev–Trinajstić information content (AvgIpc) is 2.74. The standard InChI is InChI=1S/C20H22FN5O3S/c1-25-18-13(11-17(19(25)27)29-16-6-4-3-5-15(16)21)12-22-20(24-18)23-14-7-9-26(10-8-14)30(2)28/h3-6,11-12,14H,7-10H2,1-2H3,(H,22,23,24). The molecule has 1 aliphatic heterocycles. The highest BCUT2D eigenvalue weighted by Gasteiger charge is 2.22. The summed E-state index contributed by atoms with van der Waals surface area (Å²) in [5, 5.41) is 3.90. The Hall–Kier alpha value is -2.85. The maximum absolute atomic E-state index is 13.9. The normalized spacial score (nSPS) is 16.5. The summed E-state index contributed by atoms with van der Waals surface area (Å²) in [6, 6.07) is 7.60. The predicted octanol–water partition coefficient (Wildman–Crippen LogP) is 2.43. The molecule has 1 N–H and O–H groups in total. The zero-order valence-electron chi connectivity index (χ0n) is 16.7. The summed E-state index contributed by atoms with van der Waals surface area (Å²) in [4.78, 5) is 21.5. The maximum atomic E-state index is 13.9. The van der Waals surface area contributed by atoms with Crippen LogP contribution >= 0.6 is 0 Å². The Morgan fingerprint density at radius 3 is 2.67 bits per heavy atom. The van der Waals surface area contributed by atoms with E-state index in [0.29, 0.717) is 17.0 Å². The number of para-hydroxylation sites is 1. The van der Waals surface area contributed by atoms with Gasteiger partial charge in [-0.05, 0) is 31.0 Å². The van der Waals surface area contributed by atoms with E-state index in [1.54, 1.807) is 31.6 Å². The van der Waals surface area contributed by atoms with Crippen LogP contribution in [0.5, 0.6) is 11.5 Å². The van der Waals surface area contributed by atoms with Crippen LogP contribution in [0.25, 0.3) is 11.0 Å². The number of anilines is 1. The zero-order valence-corrected chi connectivity index (χ0v) is 17.5. The number of pyridine rings is 1. The third kappa shape index (κ3) is 4.19. The molecular formula is C20H22FN5O3S.